The van der Waals surface area contributed by atoms with Gasteiger partial charge in [-0.15, -0.1) is 24.0 Å². The van der Waals surface area contributed by atoms with Gasteiger partial charge in [0, 0.05) is 19.6 Å². The molecule has 5 heteroatoms. The number of aliphatic hydroxyl groups is 1. The molecule has 4 nitrogen and oxygen atoms in total. The minimum Gasteiger partial charge on any atom is -0.395 e. The van der Waals surface area contributed by atoms with Crippen LogP contribution in [0, 0.1) is 5.41 Å². The Morgan fingerprint density at radius 2 is 1.89 bits per heavy atom. The maximum absolute atomic E-state index is 8.81. The van der Waals surface area contributed by atoms with Gasteiger partial charge < -0.3 is 15.7 Å². The third kappa shape index (κ3) is 5.73. The third-order valence-corrected chi connectivity index (χ3v) is 3.74. The smallest absolute Gasteiger partial charge is 0.191 e. The lowest BCUT2D eigenvalue weighted by atomic mass is 9.84. The molecule has 1 fully saturated rings. The molecule has 0 unspecified atom stereocenters. The molecule has 0 spiro atoms. The van der Waals surface area contributed by atoms with Crippen LogP contribution in [0.2, 0.25) is 0 Å². The molecule has 0 aromatic rings. The summed E-state index contributed by atoms with van der Waals surface area (Å²) >= 11 is 0. The van der Waals surface area contributed by atoms with Crippen molar-refractivity contribution in [1.29, 1.82) is 0 Å². The van der Waals surface area contributed by atoms with Gasteiger partial charge in [-0.3, -0.25) is 4.99 Å². The van der Waals surface area contributed by atoms with Crippen LogP contribution in [0.5, 0.6) is 0 Å². The van der Waals surface area contributed by atoms with E-state index in [0.717, 1.165) is 19.0 Å². The highest BCUT2D eigenvalue weighted by Crippen LogP contribution is 2.41. The van der Waals surface area contributed by atoms with Crippen LogP contribution >= 0.6 is 24.0 Å². The number of nitrogens with one attached hydrogen (secondary N) is 2. The summed E-state index contributed by atoms with van der Waals surface area (Å²) in [6.45, 7) is 6.80. The zero-order chi connectivity index (χ0) is 12.6. The number of nitrogens with zero attached hydrogens (tertiary/aromatic N) is 1. The number of hydrogen-bond donors (Lipinski definition) is 3. The molecule has 0 aromatic carbocycles. The summed E-state index contributed by atoms with van der Waals surface area (Å²) in [5.74, 6) is 0.835. The van der Waals surface area contributed by atoms with Crippen LogP contribution in [0.15, 0.2) is 4.99 Å². The molecule has 1 saturated carbocycles. The molecule has 0 heterocycles. The predicted octanol–water partition coefficient (Wildman–Crippen LogP) is 2.12. The molecule has 0 aliphatic heterocycles. The molecule has 0 radical (unpaired) electrons. The van der Waals surface area contributed by atoms with E-state index in [1.807, 2.05) is 0 Å². The second-order valence-corrected chi connectivity index (χ2v) is 4.91. The summed E-state index contributed by atoms with van der Waals surface area (Å²) in [4.78, 5) is 4.66. The monoisotopic (exact) mass is 369 g/mol. The highest BCUT2D eigenvalue weighted by atomic mass is 127. The largest absolute Gasteiger partial charge is 0.395 e. The van der Waals surface area contributed by atoms with Crippen LogP contribution in [0.3, 0.4) is 0 Å². The van der Waals surface area contributed by atoms with Crippen molar-refractivity contribution in [1.82, 2.24) is 10.6 Å². The molecule has 0 atom stereocenters. The predicted molar refractivity (Wildman–Crippen MR) is 87.7 cm³/mol. The van der Waals surface area contributed by atoms with Gasteiger partial charge in [0.1, 0.15) is 0 Å². The van der Waals surface area contributed by atoms with Crippen molar-refractivity contribution in [3.8, 4) is 0 Å². The van der Waals surface area contributed by atoms with Gasteiger partial charge in [-0.1, -0.05) is 19.8 Å². The Morgan fingerprint density at radius 3 is 2.39 bits per heavy atom. The van der Waals surface area contributed by atoms with Gasteiger partial charge in [0.25, 0.3) is 0 Å². The number of rotatable bonds is 6. The number of halogens is 1. The van der Waals surface area contributed by atoms with E-state index in [4.69, 9.17) is 5.11 Å². The molecule has 0 saturated heterocycles. The summed E-state index contributed by atoms with van der Waals surface area (Å²) in [5.41, 5.74) is 0.432. The average molecular weight is 369 g/mol. The SMILES string of the molecule is CCNC(=NCC1(CC)CCCC1)NCCO.I. The zero-order valence-electron chi connectivity index (χ0n) is 11.7. The molecular weight excluding hydrogens is 341 g/mol. The van der Waals surface area contributed by atoms with Gasteiger partial charge in [0.2, 0.25) is 0 Å². The number of hydrogen-bond acceptors (Lipinski definition) is 2. The third-order valence-electron chi connectivity index (χ3n) is 3.74. The second-order valence-electron chi connectivity index (χ2n) is 4.91. The Kier molecular flexibility index (Phi) is 9.81. The van der Waals surface area contributed by atoms with Crippen molar-refractivity contribution in [2.45, 2.75) is 46.0 Å². The molecule has 1 rings (SSSR count). The van der Waals surface area contributed by atoms with E-state index in [1.54, 1.807) is 0 Å². The number of aliphatic hydroxyl groups excluding tert-OH is 1. The van der Waals surface area contributed by atoms with E-state index in [-0.39, 0.29) is 30.6 Å². The molecular formula is C13H28IN3O. The van der Waals surface area contributed by atoms with E-state index in [0.29, 0.717) is 12.0 Å². The van der Waals surface area contributed by atoms with E-state index in [9.17, 15) is 0 Å². The summed E-state index contributed by atoms with van der Waals surface area (Å²) in [7, 11) is 0. The first-order valence-electron chi connectivity index (χ1n) is 6.89. The molecule has 18 heavy (non-hydrogen) atoms. The zero-order valence-corrected chi connectivity index (χ0v) is 14.0. The average Bonchev–Trinajstić information content (AvgIpc) is 2.82. The van der Waals surface area contributed by atoms with Crippen molar-refractivity contribution in [2.75, 3.05) is 26.2 Å². The Hall–Kier alpha value is -0.0400. The van der Waals surface area contributed by atoms with Crippen LogP contribution in [-0.2, 0) is 0 Å². The van der Waals surface area contributed by atoms with E-state index < -0.39 is 0 Å². The maximum Gasteiger partial charge on any atom is 0.191 e. The minimum absolute atomic E-state index is 0. The van der Waals surface area contributed by atoms with Crippen LogP contribution in [0.1, 0.15) is 46.0 Å². The minimum atomic E-state index is 0. The first-order valence-corrected chi connectivity index (χ1v) is 6.89. The van der Waals surface area contributed by atoms with Crippen molar-refractivity contribution >= 4 is 29.9 Å². The normalized spacial score (nSPS) is 18.3. The van der Waals surface area contributed by atoms with Crippen LogP contribution in [0.25, 0.3) is 0 Å². The van der Waals surface area contributed by atoms with Crippen molar-refractivity contribution < 1.29 is 5.11 Å². The molecule has 1 aliphatic carbocycles. The Labute approximate surface area is 128 Å². The molecule has 108 valence electrons. The summed E-state index contributed by atoms with van der Waals surface area (Å²) < 4.78 is 0. The molecule has 0 aromatic heterocycles. The van der Waals surface area contributed by atoms with Gasteiger partial charge in [0.05, 0.1) is 6.61 Å². The Balaban J connectivity index is 0.00000289. The van der Waals surface area contributed by atoms with Gasteiger partial charge in [-0.05, 0) is 31.6 Å². The first-order chi connectivity index (χ1) is 8.26. The molecule has 0 amide bonds. The first kappa shape index (κ1) is 18.0. The van der Waals surface area contributed by atoms with Crippen molar-refractivity contribution in [3.05, 3.63) is 0 Å². The Morgan fingerprint density at radius 1 is 1.22 bits per heavy atom. The fraction of sp³-hybridized carbons (Fsp3) is 0.923. The number of guanidine groups is 1. The summed E-state index contributed by atoms with van der Waals surface area (Å²) in [5, 5.41) is 15.1. The Bertz CT molecular complexity index is 240. The topological polar surface area (TPSA) is 56.7 Å². The van der Waals surface area contributed by atoms with Crippen molar-refractivity contribution in [3.63, 3.8) is 0 Å². The lowest BCUT2D eigenvalue weighted by Gasteiger charge is -2.25. The summed E-state index contributed by atoms with van der Waals surface area (Å²) in [6.07, 6.45) is 6.54. The fourth-order valence-corrected chi connectivity index (χ4v) is 2.51. The van der Waals surface area contributed by atoms with Crippen LogP contribution in [-0.4, -0.2) is 37.3 Å². The highest BCUT2D eigenvalue weighted by molar-refractivity contribution is 14.0. The molecule has 3 N–H and O–H groups in total. The fourth-order valence-electron chi connectivity index (χ4n) is 2.51. The van der Waals surface area contributed by atoms with Gasteiger partial charge in [-0.25, -0.2) is 0 Å². The quantitative estimate of drug-likeness (QED) is 0.382. The van der Waals surface area contributed by atoms with Crippen LogP contribution in [0.4, 0.5) is 0 Å². The van der Waals surface area contributed by atoms with Crippen LogP contribution < -0.4 is 10.6 Å². The van der Waals surface area contributed by atoms with E-state index >= 15 is 0 Å². The van der Waals surface area contributed by atoms with E-state index in [1.165, 1.54) is 32.1 Å². The second kappa shape index (κ2) is 9.83. The van der Waals surface area contributed by atoms with Gasteiger partial charge in [-0.2, -0.15) is 0 Å². The highest BCUT2D eigenvalue weighted by Gasteiger charge is 2.31. The maximum atomic E-state index is 8.81. The standard InChI is InChI=1S/C13H27N3O.HI/c1-3-13(7-5-6-8-13)11-16-12(14-4-2)15-9-10-17;/h17H,3-11H2,1-2H3,(H2,14,15,16);1H. The lowest BCUT2D eigenvalue weighted by Crippen LogP contribution is -2.39. The summed E-state index contributed by atoms with van der Waals surface area (Å²) in [6, 6.07) is 0. The number of aliphatic imine (C=N–C) groups is 1. The molecule has 1 aliphatic rings. The van der Waals surface area contributed by atoms with E-state index in [2.05, 4.69) is 29.5 Å². The van der Waals surface area contributed by atoms with Gasteiger partial charge >= 0.3 is 0 Å². The molecule has 0 bridgehead atoms. The lowest BCUT2D eigenvalue weighted by molar-refractivity contribution is 0.294. The van der Waals surface area contributed by atoms with Crippen molar-refractivity contribution in [2.24, 2.45) is 10.4 Å². The van der Waals surface area contributed by atoms with Gasteiger partial charge in [0.15, 0.2) is 5.96 Å².